The molecule has 0 radical (unpaired) electrons. The van der Waals surface area contributed by atoms with Crippen LogP contribution in [0.15, 0.2) is 35.1 Å². The van der Waals surface area contributed by atoms with E-state index in [4.69, 9.17) is 5.11 Å². The Bertz CT molecular complexity index is 777. The van der Waals surface area contributed by atoms with Crippen molar-refractivity contribution in [3.8, 4) is 0 Å². The molecule has 6 heteroatoms. The Morgan fingerprint density at radius 3 is 2.67 bits per heavy atom. The van der Waals surface area contributed by atoms with Crippen molar-refractivity contribution in [3.05, 3.63) is 46.2 Å². The summed E-state index contributed by atoms with van der Waals surface area (Å²) in [7, 11) is 0. The summed E-state index contributed by atoms with van der Waals surface area (Å²) in [5, 5.41) is 9.42. The number of hydrogen-bond donors (Lipinski definition) is 2. The van der Waals surface area contributed by atoms with Crippen molar-refractivity contribution in [2.45, 2.75) is 18.9 Å². The number of para-hydroxylation sites is 1. The predicted octanol–water partition coefficient (Wildman–Crippen LogP) is 1.22. The molecule has 21 heavy (non-hydrogen) atoms. The van der Waals surface area contributed by atoms with E-state index in [2.05, 4.69) is 4.98 Å². The van der Waals surface area contributed by atoms with Crippen LogP contribution in [0.25, 0.3) is 10.9 Å². The van der Waals surface area contributed by atoms with Gasteiger partial charge in [0.15, 0.2) is 5.43 Å². The van der Waals surface area contributed by atoms with Crippen molar-refractivity contribution in [2.24, 2.45) is 0 Å². The number of carbonyl (C=O) groups excluding carboxylic acids is 1. The number of amides is 1. The summed E-state index contributed by atoms with van der Waals surface area (Å²) < 4.78 is 0. The maximum absolute atomic E-state index is 12.5. The minimum absolute atomic E-state index is 0.0384. The monoisotopic (exact) mass is 286 g/mol. The van der Waals surface area contributed by atoms with Crippen LogP contribution in [-0.2, 0) is 4.79 Å². The van der Waals surface area contributed by atoms with E-state index in [-0.39, 0.29) is 23.7 Å². The SMILES string of the molecule is O=C(O)CN(C(=O)c1cc(=O)c2ccccc2[nH]1)C1CC1. The van der Waals surface area contributed by atoms with Gasteiger partial charge in [-0.25, -0.2) is 0 Å². The quantitative estimate of drug-likeness (QED) is 0.884. The Balaban J connectivity index is 2.00. The molecule has 1 aromatic heterocycles. The van der Waals surface area contributed by atoms with Crippen LogP contribution in [0.5, 0.6) is 0 Å². The van der Waals surface area contributed by atoms with Gasteiger partial charge in [0.1, 0.15) is 12.2 Å². The van der Waals surface area contributed by atoms with Gasteiger partial charge in [-0.05, 0) is 25.0 Å². The Hall–Kier alpha value is -2.63. The fourth-order valence-electron chi connectivity index (χ4n) is 2.37. The zero-order valence-corrected chi connectivity index (χ0v) is 11.2. The number of hydrogen-bond acceptors (Lipinski definition) is 3. The highest BCUT2D eigenvalue weighted by molar-refractivity contribution is 5.96. The molecule has 1 saturated carbocycles. The van der Waals surface area contributed by atoms with Crippen molar-refractivity contribution in [1.82, 2.24) is 9.88 Å². The predicted molar refractivity (Wildman–Crippen MR) is 76.3 cm³/mol. The maximum Gasteiger partial charge on any atom is 0.323 e. The van der Waals surface area contributed by atoms with Crippen molar-refractivity contribution >= 4 is 22.8 Å². The first-order valence-corrected chi connectivity index (χ1v) is 6.71. The van der Waals surface area contributed by atoms with E-state index in [1.807, 2.05) is 0 Å². The first kappa shape index (κ1) is 13.4. The van der Waals surface area contributed by atoms with Gasteiger partial charge in [-0.2, -0.15) is 0 Å². The van der Waals surface area contributed by atoms with E-state index in [1.54, 1.807) is 24.3 Å². The lowest BCUT2D eigenvalue weighted by molar-refractivity contribution is -0.137. The number of fused-ring (bicyclic) bond motifs is 1. The standard InChI is InChI=1S/C15H14N2O4/c18-13-7-12(16-11-4-2-1-3-10(11)13)15(21)17(8-14(19)20)9-5-6-9/h1-4,7,9H,5-6,8H2,(H,16,18)(H,19,20). The number of aromatic nitrogens is 1. The lowest BCUT2D eigenvalue weighted by Gasteiger charge is -2.20. The zero-order valence-electron chi connectivity index (χ0n) is 11.2. The number of pyridine rings is 1. The van der Waals surface area contributed by atoms with E-state index >= 15 is 0 Å². The second-order valence-electron chi connectivity index (χ2n) is 5.15. The molecular weight excluding hydrogens is 272 g/mol. The molecule has 3 rings (SSSR count). The van der Waals surface area contributed by atoms with Crippen LogP contribution in [0.2, 0.25) is 0 Å². The molecule has 2 aromatic rings. The summed E-state index contributed by atoms with van der Waals surface area (Å²) in [4.78, 5) is 39.6. The Morgan fingerprint density at radius 1 is 1.29 bits per heavy atom. The number of aromatic amines is 1. The largest absolute Gasteiger partial charge is 0.480 e. The summed E-state index contributed by atoms with van der Waals surface area (Å²) >= 11 is 0. The molecule has 1 aliphatic carbocycles. The Morgan fingerprint density at radius 2 is 2.00 bits per heavy atom. The molecule has 1 amide bonds. The fraction of sp³-hybridized carbons (Fsp3) is 0.267. The molecule has 0 atom stereocenters. The first-order valence-electron chi connectivity index (χ1n) is 6.71. The van der Waals surface area contributed by atoms with Crippen LogP contribution in [0.4, 0.5) is 0 Å². The number of H-pyrrole nitrogens is 1. The number of nitrogens with one attached hydrogen (secondary N) is 1. The number of rotatable bonds is 4. The van der Waals surface area contributed by atoms with E-state index in [1.165, 1.54) is 11.0 Å². The van der Waals surface area contributed by atoms with E-state index in [0.29, 0.717) is 10.9 Å². The van der Waals surface area contributed by atoms with Gasteiger partial charge in [-0.3, -0.25) is 14.4 Å². The summed E-state index contributed by atoms with van der Waals surface area (Å²) in [5.41, 5.74) is 0.449. The number of benzene rings is 1. The number of carbonyl (C=O) groups is 2. The van der Waals surface area contributed by atoms with Gasteiger partial charge in [-0.15, -0.1) is 0 Å². The van der Waals surface area contributed by atoms with Crippen LogP contribution in [0.3, 0.4) is 0 Å². The highest BCUT2D eigenvalue weighted by Crippen LogP contribution is 2.27. The molecule has 108 valence electrons. The molecule has 0 unspecified atom stereocenters. The average Bonchev–Trinajstić information content (AvgIpc) is 3.28. The first-order chi connectivity index (χ1) is 10.1. The minimum atomic E-state index is -1.06. The molecule has 0 spiro atoms. The summed E-state index contributed by atoms with van der Waals surface area (Å²) in [6, 6.07) is 8.11. The number of carboxylic acid groups (broad SMARTS) is 1. The van der Waals surface area contributed by atoms with Crippen LogP contribution < -0.4 is 5.43 Å². The second kappa shape index (κ2) is 5.05. The lowest BCUT2D eigenvalue weighted by atomic mass is 10.2. The van der Waals surface area contributed by atoms with Crippen LogP contribution in [-0.4, -0.2) is 39.5 Å². The molecule has 1 heterocycles. The fourth-order valence-corrected chi connectivity index (χ4v) is 2.37. The molecule has 0 aliphatic heterocycles. The van der Waals surface area contributed by atoms with Crippen LogP contribution in [0.1, 0.15) is 23.3 Å². The Kier molecular flexibility index (Phi) is 3.21. The third-order valence-corrected chi connectivity index (χ3v) is 3.52. The molecule has 0 bridgehead atoms. The van der Waals surface area contributed by atoms with Crippen molar-refractivity contribution in [3.63, 3.8) is 0 Å². The van der Waals surface area contributed by atoms with Crippen molar-refractivity contribution < 1.29 is 14.7 Å². The van der Waals surface area contributed by atoms with Gasteiger partial charge < -0.3 is 15.0 Å². The maximum atomic E-state index is 12.5. The molecule has 2 N–H and O–H groups in total. The minimum Gasteiger partial charge on any atom is -0.480 e. The highest BCUT2D eigenvalue weighted by Gasteiger charge is 2.34. The zero-order chi connectivity index (χ0) is 15.0. The van der Waals surface area contributed by atoms with E-state index in [0.717, 1.165) is 12.8 Å². The van der Waals surface area contributed by atoms with Gasteiger partial charge in [0.2, 0.25) is 0 Å². The van der Waals surface area contributed by atoms with Crippen LogP contribution in [0, 0.1) is 0 Å². The van der Waals surface area contributed by atoms with Gasteiger partial charge in [0, 0.05) is 23.0 Å². The molecular formula is C15H14N2O4. The number of carboxylic acids is 1. The number of nitrogens with zero attached hydrogens (tertiary/aromatic N) is 1. The smallest absolute Gasteiger partial charge is 0.323 e. The van der Waals surface area contributed by atoms with E-state index < -0.39 is 11.9 Å². The molecule has 1 aliphatic rings. The third-order valence-electron chi connectivity index (χ3n) is 3.52. The third kappa shape index (κ3) is 2.65. The Labute approximate surface area is 120 Å². The van der Waals surface area contributed by atoms with Crippen molar-refractivity contribution in [2.75, 3.05) is 6.54 Å². The van der Waals surface area contributed by atoms with E-state index in [9.17, 15) is 14.4 Å². The van der Waals surface area contributed by atoms with Crippen LogP contribution >= 0.6 is 0 Å². The molecule has 6 nitrogen and oxygen atoms in total. The van der Waals surface area contributed by atoms with Crippen molar-refractivity contribution in [1.29, 1.82) is 0 Å². The summed E-state index contributed by atoms with van der Waals surface area (Å²) in [6.45, 7) is -0.349. The lowest BCUT2D eigenvalue weighted by Crippen LogP contribution is -2.38. The number of aliphatic carboxylic acids is 1. The average molecular weight is 286 g/mol. The normalized spacial score (nSPS) is 14.1. The van der Waals surface area contributed by atoms with Gasteiger partial charge in [0.05, 0.1) is 0 Å². The second-order valence-corrected chi connectivity index (χ2v) is 5.15. The summed E-state index contributed by atoms with van der Waals surface area (Å²) in [6.07, 6.45) is 1.60. The summed E-state index contributed by atoms with van der Waals surface area (Å²) in [5.74, 6) is -1.50. The van der Waals surface area contributed by atoms with Gasteiger partial charge >= 0.3 is 5.97 Å². The molecule has 0 saturated heterocycles. The van der Waals surface area contributed by atoms with Gasteiger partial charge in [0.25, 0.3) is 5.91 Å². The highest BCUT2D eigenvalue weighted by atomic mass is 16.4. The molecule has 1 aromatic carbocycles. The van der Waals surface area contributed by atoms with Gasteiger partial charge in [-0.1, -0.05) is 12.1 Å². The molecule has 1 fully saturated rings. The topological polar surface area (TPSA) is 90.5 Å².